The number of furan rings is 1. The van der Waals surface area contributed by atoms with Crippen molar-refractivity contribution in [1.29, 1.82) is 0 Å². The minimum absolute atomic E-state index is 0.236. The second kappa shape index (κ2) is 7.61. The summed E-state index contributed by atoms with van der Waals surface area (Å²) in [7, 11) is 0. The largest absolute Gasteiger partial charge is 0.467 e. The predicted molar refractivity (Wildman–Crippen MR) is 86.8 cm³/mol. The van der Waals surface area contributed by atoms with Crippen molar-refractivity contribution in [2.45, 2.75) is 6.54 Å². The fraction of sp³-hybridized carbons (Fsp3) is 0.0667. The van der Waals surface area contributed by atoms with Crippen molar-refractivity contribution in [1.82, 2.24) is 10.6 Å². The highest BCUT2D eigenvalue weighted by atomic mass is 35.5. The van der Waals surface area contributed by atoms with Crippen molar-refractivity contribution in [2.24, 2.45) is 0 Å². The van der Waals surface area contributed by atoms with Crippen molar-refractivity contribution >= 4 is 40.9 Å². The highest BCUT2D eigenvalue weighted by Gasteiger charge is 2.02. The smallest absolute Gasteiger partial charge is 0.250 e. The Morgan fingerprint density at radius 3 is 2.81 bits per heavy atom. The summed E-state index contributed by atoms with van der Waals surface area (Å²) < 4.78 is 5.14. The second-order valence-electron chi connectivity index (χ2n) is 4.11. The molecule has 0 aliphatic heterocycles. The van der Waals surface area contributed by atoms with Crippen molar-refractivity contribution in [3.63, 3.8) is 0 Å². The van der Waals surface area contributed by atoms with Crippen LogP contribution in [0.2, 0.25) is 5.02 Å². The van der Waals surface area contributed by atoms with Crippen LogP contribution in [0.25, 0.3) is 6.08 Å². The van der Waals surface area contributed by atoms with E-state index in [1.807, 2.05) is 24.3 Å². The second-order valence-corrected chi connectivity index (χ2v) is 4.92. The van der Waals surface area contributed by atoms with E-state index in [4.69, 9.17) is 28.2 Å². The van der Waals surface area contributed by atoms with Crippen LogP contribution in [0.5, 0.6) is 0 Å². The van der Waals surface area contributed by atoms with Crippen molar-refractivity contribution in [2.75, 3.05) is 0 Å². The lowest BCUT2D eigenvalue weighted by atomic mass is 10.2. The van der Waals surface area contributed by atoms with Gasteiger partial charge >= 0.3 is 0 Å². The maximum Gasteiger partial charge on any atom is 0.250 e. The molecule has 1 aromatic carbocycles. The average Bonchev–Trinajstić information content (AvgIpc) is 2.97. The van der Waals surface area contributed by atoms with Crippen LogP contribution in [-0.4, -0.2) is 11.0 Å². The Hall–Kier alpha value is -2.11. The molecule has 0 aliphatic carbocycles. The number of halogens is 1. The Labute approximate surface area is 132 Å². The van der Waals surface area contributed by atoms with Crippen LogP contribution in [0.4, 0.5) is 0 Å². The molecule has 1 heterocycles. The zero-order valence-electron chi connectivity index (χ0n) is 11.0. The number of hydrogen-bond donors (Lipinski definition) is 2. The maximum absolute atomic E-state index is 11.7. The van der Waals surface area contributed by atoms with Gasteiger partial charge in [0.05, 0.1) is 12.8 Å². The first-order valence-electron chi connectivity index (χ1n) is 6.19. The Morgan fingerprint density at radius 1 is 1.29 bits per heavy atom. The van der Waals surface area contributed by atoms with E-state index in [1.54, 1.807) is 24.5 Å². The SMILES string of the molecule is O=C(C=Cc1ccccc1Cl)NC(=S)NCc1ccco1. The molecule has 0 fully saturated rings. The third kappa shape index (κ3) is 5.06. The zero-order valence-corrected chi connectivity index (χ0v) is 12.6. The summed E-state index contributed by atoms with van der Waals surface area (Å²) in [6, 6.07) is 10.8. The lowest BCUT2D eigenvalue weighted by molar-refractivity contribution is -0.115. The lowest BCUT2D eigenvalue weighted by Gasteiger charge is -2.06. The molecule has 0 unspecified atom stereocenters. The normalized spacial score (nSPS) is 10.5. The van der Waals surface area contributed by atoms with Gasteiger partial charge in [0.2, 0.25) is 5.91 Å². The van der Waals surface area contributed by atoms with Crippen LogP contribution in [0.1, 0.15) is 11.3 Å². The molecule has 0 saturated heterocycles. The summed E-state index contributed by atoms with van der Waals surface area (Å²) in [5, 5.41) is 6.23. The van der Waals surface area contributed by atoms with Crippen LogP contribution in [0.3, 0.4) is 0 Å². The van der Waals surface area contributed by atoms with Gasteiger partial charge in [-0.15, -0.1) is 0 Å². The van der Waals surface area contributed by atoms with E-state index in [0.29, 0.717) is 11.6 Å². The van der Waals surface area contributed by atoms with Crippen LogP contribution < -0.4 is 10.6 Å². The van der Waals surface area contributed by atoms with E-state index in [0.717, 1.165) is 11.3 Å². The molecule has 0 spiro atoms. The molecule has 4 nitrogen and oxygen atoms in total. The standard InChI is InChI=1S/C15H13ClN2O2S/c16-13-6-2-1-4-11(13)7-8-14(19)18-15(21)17-10-12-5-3-9-20-12/h1-9H,10H2,(H2,17,18,19,21). The Balaban J connectivity index is 1.81. The van der Waals surface area contributed by atoms with Gasteiger partial charge in [-0.25, -0.2) is 0 Å². The molecule has 1 aromatic heterocycles. The van der Waals surface area contributed by atoms with Crippen molar-refractivity contribution < 1.29 is 9.21 Å². The third-order valence-corrected chi connectivity index (χ3v) is 3.15. The van der Waals surface area contributed by atoms with Crippen LogP contribution in [-0.2, 0) is 11.3 Å². The zero-order chi connectivity index (χ0) is 15.1. The molecule has 108 valence electrons. The van der Waals surface area contributed by atoms with Crippen LogP contribution >= 0.6 is 23.8 Å². The number of benzene rings is 1. The monoisotopic (exact) mass is 320 g/mol. The molecule has 0 bridgehead atoms. The molecule has 1 amide bonds. The van der Waals surface area contributed by atoms with E-state index in [9.17, 15) is 4.79 Å². The van der Waals surface area contributed by atoms with Gasteiger partial charge in [0.15, 0.2) is 5.11 Å². The van der Waals surface area contributed by atoms with Gasteiger partial charge in [-0.3, -0.25) is 10.1 Å². The molecule has 2 aromatic rings. The first kappa shape index (κ1) is 15.3. The molecule has 2 N–H and O–H groups in total. The summed E-state index contributed by atoms with van der Waals surface area (Å²) in [5.41, 5.74) is 0.767. The molecule has 2 rings (SSSR count). The minimum Gasteiger partial charge on any atom is -0.467 e. The van der Waals surface area contributed by atoms with Crippen LogP contribution in [0.15, 0.2) is 53.2 Å². The first-order chi connectivity index (χ1) is 10.1. The highest BCUT2D eigenvalue weighted by Crippen LogP contribution is 2.15. The van der Waals surface area contributed by atoms with E-state index >= 15 is 0 Å². The molecule has 21 heavy (non-hydrogen) atoms. The number of rotatable bonds is 4. The molecule has 0 radical (unpaired) electrons. The molecule has 0 aliphatic rings. The summed E-state index contributed by atoms with van der Waals surface area (Å²) in [4.78, 5) is 11.7. The van der Waals surface area contributed by atoms with E-state index < -0.39 is 0 Å². The van der Waals surface area contributed by atoms with Gasteiger partial charge in [0, 0.05) is 11.1 Å². The maximum atomic E-state index is 11.7. The number of thiocarbonyl (C=S) groups is 1. The fourth-order valence-corrected chi connectivity index (χ4v) is 1.93. The first-order valence-corrected chi connectivity index (χ1v) is 6.97. The van der Waals surface area contributed by atoms with Gasteiger partial charge in [0.25, 0.3) is 0 Å². The number of amides is 1. The molecule has 0 saturated carbocycles. The molecule has 6 heteroatoms. The number of hydrogen-bond acceptors (Lipinski definition) is 3. The minimum atomic E-state index is -0.327. The number of nitrogens with one attached hydrogen (secondary N) is 2. The van der Waals surface area contributed by atoms with Gasteiger partial charge in [-0.05, 0) is 42.1 Å². The third-order valence-electron chi connectivity index (χ3n) is 2.56. The van der Waals surface area contributed by atoms with Gasteiger partial charge < -0.3 is 9.73 Å². The summed E-state index contributed by atoms with van der Waals surface area (Å²) >= 11 is 11.0. The van der Waals surface area contributed by atoms with Gasteiger partial charge in [0.1, 0.15) is 5.76 Å². The van der Waals surface area contributed by atoms with Crippen molar-refractivity contribution in [3.05, 3.63) is 65.1 Å². The Bertz CT molecular complexity index is 653. The average molecular weight is 321 g/mol. The van der Waals surface area contributed by atoms with Gasteiger partial charge in [-0.2, -0.15) is 0 Å². The Morgan fingerprint density at radius 2 is 2.10 bits per heavy atom. The summed E-state index contributed by atoms with van der Waals surface area (Å²) in [6.07, 6.45) is 4.58. The lowest BCUT2D eigenvalue weighted by Crippen LogP contribution is -2.37. The summed E-state index contributed by atoms with van der Waals surface area (Å²) in [6.45, 7) is 0.417. The highest BCUT2D eigenvalue weighted by molar-refractivity contribution is 7.80. The van der Waals surface area contributed by atoms with E-state index in [-0.39, 0.29) is 11.0 Å². The van der Waals surface area contributed by atoms with Crippen LogP contribution in [0, 0.1) is 0 Å². The van der Waals surface area contributed by atoms with Gasteiger partial charge in [-0.1, -0.05) is 29.8 Å². The molecule has 0 atom stereocenters. The topological polar surface area (TPSA) is 54.3 Å². The fourth-order valence-electron chi connectivity index (χ4n) is 1.55. The summed E-state index contributed by atoms with van der Waals surface area (Å²) in [5.74, 6) is 0.407. The number of carbonyl (C=O) groups excluding carboxylic acids is 1. The quantitative estimate of drug-likeness (QED) is 0.671. The predicted octanol–water partition coefficient (Wildman–Crippen LogP) is 3.14. The number of carbonyl (C=O) groups is 1. The molecular formula is C15H13ClN2O2S. The van der Waals surface area contributed by atoms with Crippen molar-refractivity contribution in [3.8, 4) is 0 Å². The van der Waals surface area contributed by atoms with E-state index in [1.165, 1.54) is 6.08 Å². The van der Waals surface area contributed by atoms with E-state index in [2.05, 4.69) is 10.6 Å². The molecular weight excluding hydrogens is 308 g/mol. The Kier molecular flexibility index (Phi) is 5.54.